The predicted molar refractivity (Wildman–Crippen MR) is 68.0 cm³/mol. The highest BCUT2D eigenvalue weighted by molar-refractivity contribution is 5.94. The number of ketones is 1. The first kappa shape index (κ1) is 13.3. The van der Waals surface area contributed by atoms with Crippen molar-refractivity contribution in [3.63, 3.8) is 0 Å². The fraction of sp³-hybridized carbons (Fsp3) is 0.286. The van der Waals surface area contributed by atoms with E-state index >= 15 is 0 Å². The van der Waals surface area contributed by atoms with E-state index in [4.69, 9.17) is 14.0 Å². The van der Waals surface area contributed by atoms with Crippen LogP contribution in [-0.4, -0.2) is 18.0 Å². The predicted octanol–water partition coefficient (Wildman–Crippen LogP) is 2.60. The third-order valence-electron chi connectivity index (χ3n) is 2.52. The van der Waals surface area contributed by atoms with E-state index < -0.39 is 0 Å². The van der Waals surface area contributed by atoms with Gasteiger partial charge in [0.2, 0.25) is 0 Å². The number of carbonyl (C=O) groups excluding carboxylic acids is 1. The van der Waals surface area contributed by atoms with E-state index in [9.17, 15) is 4.79 Å². The summed E-state index contributed by atoms with van der Waals surface area (Å²) < 4.78 is 15.5. The van der Waals surface area contributed by atoms with Gasteiger partial charge in [-0.05, 0) is 19.1 Å². The zero-order valence-corrected chi connectivity index (χ0v) is 10.9. The van der Waals surface area contributed by atoms with E-state index in [2.05, 4.69) is 5.16 Å². The standard InChI is InChI=1S/C14H15NO4/c1-10(16)11-4-3-5-13(6-11)18-8-12-7-14(9-17-2)19-15-12/h3-7H,8-9H2,1-2H3. The molecule has 0 amide bonds. The van der Waals surface area contributed by atoms with Crippen molar-refractivity contribution in [2.24, 2.45) is 0 Å². The van der Waals surface area contributed by atoms with Crippen LogP contribution in [0.4, 0.5) is 0 Å². The van der Waals surface area contributed by atoms with Gasteiger partial charge < -0.3 is 14.0 Å². The molecule has 1 heterocycles. The number of carbonyl (C=O) groups is 1. The SMILES string of the molecule is COCc1cc(COc2cccc(C(C)=O)c2)no1. The lowest BCUT2D eigenvalue weighted by Crippen LogP contribution is -1.97. The molecule has 0 aliphatic carbocycles. The van der Waals surface area contributed by atoms with E-state index in [1.54, 1.807) is 37.4 Å². The number of hydrogen-bond donors (Lipinski definition) is 0. The molecule has 0 aliphatic heterocycles. The van der Waals surface area contributed by atoms with Crippen LogP contribution < -0.4 is 4.74 Å². The van der Waals surface area contributed by atoms with Crippen LogP contribution in [0.3, 0.4) is 0 Å². The van der Waals surface area contributed by atoms with E-state index in [0.717, 1.165) is 0 Å². The molecule has 2 rings (SSSR count). The van der Waals surface area contributed by atoms with Gasteiger partial charge in [-0.2, -0.15) is 0 Å². The van der Waals surface area contributed by atoms with E-state index in [0.29, 0.717) is 29.4 Å². The second-order valence-electron chi connectivity index (χ2n) is 4.09. The fourth-order valence-electron chi connectivity index (χ4n) is 1.60. The first-order chi connectivity index (χ1) is 9.19. The number of benzene rings is 1. The molecule has 2 aromatic rings. The number of rotatable bonds is 6. The van der Waals surface area contributed by atoms with Crippen LogP contribution in [0.25, 0.3) is 0 Å². The van der Waals surface area contributed by atoms with Crippen molar-refractivity contribution in [2.45, 2.75) is 20.1 Å². The molecule has 0 unspecified atom stereocenters. The molecule has 1 aromatic heterocycles. The Labute approximate surface area is 111 Å². The quantitative estimate of drug-likeness (QED) is 0.748. The molecule has 0 aliphatic rings. The Morgan fingerprint density at radius 1 is 1.32 bits per heavy atom. The average molecular weight is 261 g/mol. The molecule has 0 bridgehead atoms. The average Bonchev–Trinajstić information content (AvgIpc) is 2.85. The maximum Gasteiger partial charge on any atom is 0.162 e. The van der Waals surface area contributed by atoms with Crippen LogP contribution in [0.2, 0.25) is 0 Å². The molecule has 1 aromatic carbocycles. The molecular weight excluding hydrogens is 246 g/mol. The normalized spacial score (nSPS) is 10.4. The molecule has 0 atom stereocenters. The second-order valence-corrected chi connectivity index (χ2v) is 4.09. The maximum atomic E-state index is 11.3. The van der Waals surface area contributed by atoms with Gasteiger partial charge in [0.05, 0.1) is 0 Å². The summed E-state index contributed by atoms with van der Waals surface area (Å²) in [6.45, 7) is 2.19. The molecule has 0 saturated heterocycles. The zero-order valence-electron chi connectivity index (χ0n) is 10.9. The summed E-state index contributed by atoms with van der Waals surface area (Å²) in [6, 6.07) is 8.81. The molecule has 19 heavy (non-hydrogen) atoms. The van der Waals surface area contributed by atoms with Crippen LogP contribution in [-0.2, 0) is 18.0 Å². The van der Waals surface area contributed by atoms with Gasteiger partial charge in [-0.3, -0.25) is 4.79 Å². The molecule has 0 spiro atoms. The number of hydrogen-bond acceptors (Lipinski definition) is 5. The topological polar surface area (TPSA) is 61.6 Å². The van der Waals surface area contributed by atoms with Crippen LogP contribution in [0.5, 0.6) is 5.75 Å². The lowest BCUT2D eigenvalue weighted by Gasteiger charge is -2.04. The molecule has 0 N–H and O–H groups in total. The summed E-state index contributed by atoms with van der Waals surface area (Å²) in [4.78, 5) is 11.3. The third-order valence-corrected chi connectivity index (χ3v) is 2.52. The summed E-state index contributed by atoms with van der Waals surface area (Å²) in [5, 5.41) is 3.86. The minimum atomic E-state index is 0.00858. The molecular formula is C14H15NO4. The molecule has 5 nitrogen and oxygen atoms in total. The monoisotopic (exact) mass is 261 g/mol. The minimum Gasteiger partial charge on any atom is -0.487 e. The Balaban J connectivity index is 1.97. The van der Waals surface area contributed by atoms with E-state index in [-0.39, 0.29) is 12.4 Å². The summed E-state index contributed by atoms with van der Waals surface area (Å²) >= 11 is 0. The van der Waals surface area contributed by atoms with Crippen LogP contribution >= 0.6 is 0 Å². The summed E-state index contributed by atoms with van der Waals surface area (Å²) in [5.74, 6) is 1.29. The number of methoxy groups -OCH3 is 1. The van der Waals surface area contributed by atoms with Gasteiger partial charge in [0, 0.05) is 18.7 Å². The van der Waals surface area contributed by atoms with E-state index in [1.165, 1.54) is 6.92 Å². The Morgan fingerprint density at radius 2 is 2.16 bits per heavy atom. The first-order valence-corrected chi connectivity index (χ1v) is 5.86. The number of nitrogens with zero attached hydrogens (tertiary/aromatic N) is 1. The van der Waals surface area contributed by atoms with Gasteiger partial charge in [-0.15, -0.1) is 0 Å². The van der Waals surface area contributed by atoms with Crippen LogP contribution in [0, 0.1) is 0 Å². The highest BCUT2D eigenvalue weighted by atomic mass is 16.5. The summed E-state index contributed by atoms with van der Waals surface area (Å²) in [5.41, 5.74) is 1.30. The van der Waals surface area contributed by atoms with Crippen molar-refractivity contribution in [3.8, 4) is 5.75 Å². The Kier molecular flexibility index (Phi) is 4.30. The smallest absolute Gasteiger partial charge is 0.162 e. The Bertz CT molecular complexity index is 562. The largest absolute Gasteiger partial charge is 0.487 e. The van der Waals surface area contributed by atoms with Crippen molar-refractivity contribution in [3.05, 3.63) is 47.3 Å². The van der Waals surface area contributed by atoms with Crippen LogP contribution in [0.1, 0.15) is 28.7 Å². The van der Waals surface area contributed by atoms with E-state index in [1.807, 2.05) is 0 Å². The lowest BCUT2D eigenvalue weighted by atomic mass is 10.1. The number of aromatic nitrogens is 1. The van der Waals surface area contributed by atoms with Crippen molar-refractivity contribution in [1.82, 2.24) is 5.16 Å². The maximum absolute atomic E-state index is 11.3. The van der Waals surface area contributed by atoms with Gasteiger partial charge in [-0.1, -0.05) is 17.3 Å². The fourth-order valence-corrected chi connectivity index (χ4v) is 1.60. The molecule has 100 valence electrons. The van der Waals surface area contributed by atoms with Gasteiger partial charge in [0.15, 0.2) is 11.5 Å². The molecule has 0 saturated carbocycles. The van der Waals surface area contributed by atoms with Crippen molar-refractivity contribution in [2.75, 3.05) is 7.11 Å². The Hall–Kier alpha value is -2.14. The molecule has 5 heteroatoms. The molecule has 0 fully saturated rings. The second kappa shape index (κ2) is 6.15. The summed E-state index contributed by atoms with van der Waals surface area (Å²) in [6.07, 6.45) is 0. The first-order valence-electron chi connectivity index (χ1n) is 5.86. The molecule has 0 radical (unpaired) electrons. The highest BCUT2D eigenvalue weighted by Gasteiger charge is 2.06. The van der Waals surface area contributed by atoms with Crippen LogP contribution in [0.15, 0.2) is 34.9 Å². The Morgan fingerprint density at radius 3 is 2.89 bits per heavy atom. The minimum absolute atomic E-state index is 0.00858. The van der Waals surface area contributed by atoms with Gasteiger partial charge in [-0.25, -0.2) is 0 Å². The number of ether oxygens (including phenoxy) is 2. The lowest BCUT2D eigenvalue weighted by molar-refractivity contribution is 0.101. The zero-order chi connectivity index (χ0) is 13.7. The van der Waals surface area contributed by atoms with Gasteiger partial charge in [0.1, 0.15) is 24.7 Å². The number of Topliss-reactive ketones (excluding diaryl/α,β-unsaturated/α-hetero) is 1. The highest BCUT2D eigenvalue weighted by Crippen LogP contribution is 2.15. The van der Waals surface area contributed by atoms with Gasteiger partial charge >= 0.3 is 0 Å². The van der Waals surface area contributed by atoms with Crippen molar-refractivity contribution >= 4 is 5.78 Å². The summed E-state index contributed by atoms with van der Waals surface area (Å²) in [7, 11) is 1.59. The van der Waals surface area contributed by atoms with Gasteiger partial charge in [0.25, 0.3) is 0 Å². The van der Waals surface area contributed by atoms with Crippen molar-refractivity contribution < 1.29 is 18.8 Å². The van der Waals surface area contributed by atoms with Crippen molar-refractivity contribution in [1.29, 1.82) is 0 Å². The third kappa shape index (κ3) is 3.66.